The summed E-state index contributed by atoms with van der Waals surface area (Å²) in [6, 6.07) is 21.0. The van der Waals surface area contributed by atoms with Crippen LogP contribution in [0.1, 0.15) is 24.0 Å². The zero-order valence-electron chi connectivity index (χ0n) is 13.1. The van der Waals surface area contributed by atoms with Gasteiger partial charge in [0.1, 0.15) is 0 Å². The first kappa shape index (κ1) is 16.7. The van der Waals surface area contributed by atoms with Gasteiger partial charge >= 0.3 is 0 Å². The Labute approximate surface area is 133 Å². The van der Waals surface area contributed by atoms with Crippen LogP contribution in [0.15, 0.2) is 60.7 Å². The number of benzene rings is 2. The molecular formula is C19H26N2O. The Kier molecular flexibility index (Phi) is 7.10. The topological polar surface area (TPSA) is 49.5 Å². The van der Waals surface area contributed by atoms with Gasteiger partial charge in [-0.05, 0) is 30.5 Å². The predicted octanol–water partition coefficient (Wildman–Crippen LogP) is 2.79. The van der Waals surface area contributed by atoms with Crippen molar-refractivity contribution in [1.29, 1.82) is 0 Å². The van der Waals surface area contributed by atoms with Gasteiger partial charge in [-0.1, -0.05) is 60.7 Å². The summed E-state index contributed by atoms with van der Waals surface area (Å²) in [7, 11) is 0. The molecule has 0 saturated heterocycles. The van der Waals surface area contributed by atoms with Gasteiger partial charge in [0.2, 0.25) is 0 Å². The van der Waals surface area contributed by atoms with E-state index >= 15 is 0 Å². The van der Waals surface area contributed by atoms with E-state index in [1.807, 2.05) is 12.1 Å². The quantitative estimate of drug-likeness (QED) is 0.748. The van der Waals surface area contributed by atoms with Crippen LogP contribution in [0.5, 0.6) is 0 Å². The first-order chi connectivity index (χ1) is 10.8. The van der Waals surface area contributed by atoms with Crippen LogP contribution in [0.3, 0.4) is 0 Å². The van der Waals surface area contributed by atoms with Crippen LogP contribution in [-0.4, -0.2) is 29.2 Å². The van der Waals surface area contributed by atoms with Gasteiger partial charge in [-0.25, -0.2) is 0 Å². The third-order valence-corrected chi connectivity index (χ3v) is 3.78. The summed E-state index contributed by atoms with van der Waals surface area (Å²) in [4.78, 5) is 2.44. The fraction of sp³-hybridized carbons (Fsp3) is 0.368. The summed E-state index contributed by atoms with van der Waals surface area (Å²) in [6.07, 6.45) is 1.86. The molecule has 0 saturated carbocycles. The maximum Gasteiger partial charge on any atom is 0.0582 e. The SMILES string of the molecule is NC(CO)CCCN(Cc1ccccc1)Cc1ccccc1. The lowest BCUT2D eigenvalue weighted by molar-refractivity contribution is 0.229. The second-order valence-electron chi connectivity index (χ2n) is 5.77. The second kappa shape index (κ2) is 9.36. The van der Waals surface area contributed by atoms with Crippen LogP contribution in [-0.2, 0) is 13.1 Å². The highest BCUT2D eigenvalue weighted by Gasteiger charge is 2.08. The molecule has 0 spiro atoms. The molecule has 2 aromatic carbocycles. The van der Waals surface area contributed by atoms with Crippen LogP contribution in [0, 0.1) is 0 Å². The smallest absolute Gasteiger partial charge is 0.0582 e. The molecule has 1 atom stereocenters. The average Bonchev–Trinajstić information content (AvgIpc) is 2.56. The van der Waals surface area contributed by atoms with Crippen LogP contribution >= 0.6 is 0 Å². The van der Waals surface area contributed by atoms with Crippen molar-refractivity contribution in [3.05, 3.63) is 71.8 Å². The van der Waals surface area contributed by atoms with E-state index in [2.05, 4.69) is 53.4 Å². The average molecular weight is 298 g/mol. The van der Waals surface area contributed by atoms with Gasteiger partial charge in [0.15, 0.2) is 0 Å². The number of aliphatic hydroxyl groups is 1. The summed E-state index contributed by atoms with van der Waals surface area (Å²) in [5.74, 6) is 0. The molecule has 0 amide bonds. The molecule has 3 nitrogen and oxygen atoms in total. The monoisotopic (exact) mass is 298 g/mol. The van der Waals surface area contributed by atoms with E-state index in [1.54, 1.807) is 0 Å². The molecule has 22 heavy (non-hydrogen) atoms. The summed E-state index contributed by atoms with van der Waals surface area (Å²) >= 11 is 0. The van der Waals surface area contributed by atoms with Gasteiger partial charge in [0, 0.05) is 19.1 Å². The van der Waals surface area contributed by atoms with Crippen molar-refractivity contribution in [2.45, 2.75) is 32.0 Å². The fourth-order valence-electron chi connectivity index (χ4n) is 2.57. The maximum absolute atomic E-state index is 9.03. The van der Waals surface area contributed by atoms with Gasteiger partial charge in [-0.2, -0.15) is 0 Å². The molecule has 0 aliphatic rings. The first-order valence-electron chi connectivity index (χ1n) is 7.94. The fourth-order valence-corrected chi connectivity index (χ4v) is 2.57. The number of nitrogens with zero attached hydrogens (tertiary/aromatic N) is 1. The Morgan fingerprint density at radius 3 is 1.82 bits per heavy atom. The predicted molar refractivity (Wildman–Crippen MR) is 91.3 cm³/mol. The van der Waals surface area contributed by atoms with Crippen molar-refractivity contribution in [1.82, 2.24) is 4.90 Å². The van der Waals surface area contributed by atoms with Crippen molar-refractivity contribution in [2.75, 3.05) is 13.2 Å². The van der Waals surface area contributed by atoms with Crippen LogP contribution < -0.4 is 5.73 Å². The number of hydrogen-bond acceptors (Lipinski definition) is 3. The highest BCUT2D eigenvalue weighted by Crippen LogP contribution is 2.11. The van der Waals surface area contributed by atoms with Crippen LogP contribution in [0.25, 0.3) is 0 Å². The molecule has 0 radical (unpaired) electrons. The van der Waals surface area contributed by atoms with Gasteiger partial charge in [-0.15, -0.1) is 0 Å². The Hall–Kier alpha value is -1.68. The van der Waals surface area contributed by atoms with E-state index < -0.39 is 0 Å². The van der Waals surface area contributed by atoms with Crippen molar-refractivity contribution >= 4 is 0 Å². The Morgan fingerprint density at radius 1 is 0.864 bits per heavy atom. The van der Waals surface area contributed by atoms with Gasteiger partial charge in [0.25, 0.3) is 0 Å². The molecule has 118 valence electrons. The van der Waals surface area contributed by atoms with E-state index in [4.69, 9.17) is 10.8 Å². The number of aliphatic hydroxyl groups excluding tert-OH is 1. The summed E-state index contributed by atoms with van der Waals surface area (Å²) in [5.41, 5.74) is 8.44. The summed E-state index contributed by atoms with van der Waals surface area (Å²) in [5, 5.41) is 9.03. The normalized spacial score (nSPS) is 12.5. The minimum Gasteiger partial charge on any atom is -0.395 e. The lowest BCUT2D eigenvalue weighted by atomic mass is 10.1. The maximum atomic E-state index is 9.03. The second-order valence-corrected chi connectivity index (χ2v) is 5.77. The number of nitrogens with two attached hydrogens (primary N) is 1. The Morgan fingerprint density at radius 2 is 1.36 bits per heavy atom. The van der Waals surface area contributed by atoms with E-state index in [0.717, 1.165) is 32.5 Å². The van der Waals surface area contributed by atoms with Gasteiger partial charge in [-0.3, -0.25) is 4.90 Å². The minimum absolute atomic E-state index is 0.0668. The van der Waals surface area contributed by atoms with E-state index in [0.29, 0.717) is 0 Å². The molecule has 3 heteroatoms. The van der Waals surface area contributed by atoms with Crippen molar-refractivity contribution < 1.29 is 5.11 Å². The molecule has 1 unspecified atom stereocenters. The Bertz CT molecular complexity index is 474. The van der Waals surface area contributed by atoms with E-state index in [1.165, 1.54) is 11.1 Å². The van der Waals surface area contributed by atoms with Gasteiger partial charge < -0.3 is 10.8 Å². The highest BCUT2D eigenvalue weighted by molar-refractivity contribution is 5.17. The highest BCUT2D eigenvalue weighted by atomic mass is 16.3. The molecule has 3 N–H and O–H groups in total. The zero-order valence-corrected chi connectivity index (χ0v) is 13.1. The molecule has 0 aromatic heterocycles. The minimum atomic E-state index is -0.102. The lowest BCUT2D eigenvalue weighted by Gasteiger charge is -2.23. The molecule has 0 bridgehead atoms. The summed E-state index contributed by atoms with van der Waals surface area (Å²) < 4.78 is 0. The molecule has 0 aliphatic heterocycles. The number of rotatable bonds is 9. The third kappa shape index (κ3) is 5.98. The molecule has 0 aliphatic carbocycles. The Balaban J connectivity index is 1.94. The molecule has 0 heterocycles. The van der Waals surface area contributed by atoms with Crippen molar-refractivity contribution in [2.24, 2.45) is 5.73 Å². The van der Waals surface area contributed by atoms with Crippen LogP contribution in [0.2, 0.25) is 0 Å². The van der Waals surface area contributed by atoms with E-state index in [9.17, 15) is 0 Å². The largest absolute Gasteiger partial charge is 0.395 e. The zero-order chi connectivity index (χ0) is 15.6. The van der Waals surface area contributed by atoms with Crippen molar-refractivity contribution in [3.63, 3.8) is 0 Å². The van der Waals surface area contributed by atoms with Crippen molar-refractivity contribution in [3.8, 4) is 0 Å². The number of hydrogen-bond donors (Lipinski definition) is 2. The molecule has 2 rings (SSSR count). The standard InChI is InChI=1S/C19H26N2O/c20-19(16-22)12-7-13-21(14-17-8-3-1-4-9-17)15-18-10-5-2-6-11-18/h1-6,8-11,19,22H,7,12-16,20H2. The molecular weight excluding hydrogens is 272 g/mol. The first-order valence-corrected chi connectivity index (χ1v) is 7.94. The van der Waals surface area contributed by atoms with Crippen LogP contribution in [0.4, 0.5) is 0 Å². The third-order valence-electron chi connectivity index (χ3n) is 3.78. The van der Waals surface area contributed by atoms with Gasteiger partial charge in [0.05, 0.1) is 6.61 Å². The summed E-state index contributed by atoms with van der Waals surface area (Å²) in [6.45, 7) is 2.92. The van der Waals surface area contributed by atoms with E-state index in [-0.39, 0.29) is 12.6 Å². The molecule has 0 fully saturated rings. The molecule has 2 aromatic rings. The lowest BCUT2D eigenvalue weighted by Crippen LogP contribution is -2.28.